The standard InChI is InChI=1S/C21H14N3S.2C16H12N3O.C15H9N2OS.C15H9N2S2/c1-2-6-15(7-3-1)24-18-9-5-4-8-17(18)19-20(24)23-13-14-12-22-11-10-16(14)21(23)25-19;2*1-18-13-5-3-2-4-12(13)14-15(18)19-9-10-8-17-7-6-11(10)16(19)20-14;1-2-4-12-11(3-1)13-14(18-12)17-8-9-7-16-6-5-10(9)15(17)19-13;1-2-4-12-11(3-1)13-15(18-12)17-8-9-7-16-6-5-10(9)14(17)19-13/h1-12H,13H2;2*2-8H,9H2,1H3;2*1-7H,8H2/q5*+1/i;1D3;;;. The largest absolute Gasteiger partial charge is 0.413 e. The first-order valence-corrected chi connectivity index (χ1v) is 37.1. The summed E-state index contributed by atoms with van der Waals surface area (Å²) in [5, 5.41) is 9.90. The Morgan fingerprint density at radius 3 is 1.44 bits per heavy atom. The second-order valence-corrected chi connectivity index (χ2v) is 30.2. The number of hydrogen-bond donors (Lipinski definition) is 0. The second kappa shape index (κ2) is 22.7. The van der Waals surface area contributed by atoms with Crippen molar-refractivity contribution in [1.82, 2.24) is 38.6 Å². The van der Waals surface area contributed by atoms with Gasteiger partial charge in [0.05, 0.1) is 56.7 Å². The molecule has 103 heavy (non-hydrogen) atoms. The summed E-state index contributed by atoms with van der Waals surface area (Å²) in [4.78, 5) is 22.5. The summed E-state index contributed by atoms with van der Waals surface area (Å²) in [6.45, 7) is 1.83. The van der Waals surface area contributed by atoms with Gasteiger partial charge in [-0.1, -0.05) is 130 Å². The molecular formula is C83H56N13O3S4+5. The highest BCUT2D eigenvalue weighted by Crippen LogP contribution is 2.45. The summed E-state index contributed by atoms with van der Waals surface area (Å²) in [7, 11) is 2.09. The maximum Gasteiger partial charge on any atom is 0.393 e. The van der Waals surface area contributed by atoms with Crippen LogP contribution in [0.3, 0.4) is 0 Å². The number of para-hydroxylation sites is 5. The van der Waals surface area contributed by atoms with Crippen LogP contribution in [0.4, 0.5) is 0 Å². The van der Waals surface area contributed by atoms with Gasteiger partial charge in [-0.3, -0.25) is 24.9 Å². The molecule has 5 aliphatic heterocycles. The van der Waals surface area contributed by atoms with E-state index in [0.717, 1.165) is 76.7 Å². The van der Waals surface area contributed by atoms with Gasteiger partial charge in [0.1, 0.15) is 56.9 Å². The molecule has 0 N–H and O–H groups in total. The monoisotopic (exact) mass is 1410 g/mol. The van der Waals surface area contributed by atoms with Crippen molar-refractivity contribution in [3.05, 3.63) is 272 Å². The zero-order valence-corrected chi connectivity index (χ0v) is 58.1. The van der Waals surface area contributed by atoms with Crippen molar-refractivity contribution in [2.24, 2.45) is 14.0 Å². The van der Waals surface area contributed by atoms with Gasteiger partial charge < -0.3 is 13.3 Å². The fourth-order valence-electron chi connectivity index (χ4n) is 15.9. The van der Waals surface area contributed by atoms with Crippen LogP contribution in [0.15, 0.2) is 257 Å². The molecule has 0 spiro atoms. The second-order valence-electron chi connectivity index (χ2n) is 26.2. The molecule has 0 fully saturated rings. The SMILES string of the molecule is Cn1c2ccccc2c2oc3[n+](c21)Cc1cnccc1-3.[2H]C([2H])([2H])n1c2ccccc2c2oc3[n+](c21)Cc1cnccc1-3.c1ccc(-n2c3ccccc3c3sc4[n+](c32)Cc2cnccc2-4)cc1.c1ccc2c(c1)oc1c2sc2[n+]1Cc1cnccc1-2.c1ccc2c(c1)sc1c2sc2[n+]1Cc1cnccc1-2. The maximum absolute atomic E-state index is 7.95. The molecule has 0 saturated carbocycles. The predicted octanol–water partition coefficient (Wildman–Crippen LogP) is 17.0. The Morgan fingerprint density at radius 2 is 0.816 bits per heavy atom. The molecule has 20 heterocycles. The lowest BCUT2D eigenvalue weighted by molar-refractivity contribution is -0.652. The van der Waals surface area contributed by atoms with E-state index in [0.29, 0.717) is 29.2 Å². The number of aromatic nitrogens is 13. The van der Waals surface area contributed by atoms with Crippen molar-refractivity contribution in [2.75, 3.05) is 0 Å². The van der Waals surface area contributed by atoms with Crippen LogP contribution < -0.4 is 22.8 Å². The first-order chi connectivity index (χ1) is 52.1. The molecule has 26 rings (SSSR count). The summed E-state index contributed by atoms with van der Waals surface area (Å²) < 4.78 is 64.8. The number of rotatable bonds is 1. The van der Waals surface area contributed by atoms with E-state index in [1.807, 2.05) is 137 Å². The molecule has 0 bridgehead atoms. The highest BCUT2D eigenvalue weighted by Gasteiger charge is 2.40. The number of oxazole rings is 2. The topological polar surface area (TPSA) is 138 Å². The van der Waals surface area contributed by atoms with Crippen LogP contribution in [0, 0.1) is 0 Å². The summed E-state index contributed by atoms with van der Waals surface area (Å²) in [6.07, 6.45) is 18.8. The Labute approximate surface area is 605 Å². The first kappa shape index (κ1) is 55.6. The Morgan fingerprint density at radius 1 is 0.369 bits per heavy atom. The van der Waals surface area contributed by atoms with Crippen LogP contribution in [0.25, 0.3) is 167 Å². The molecule has 0 atom stereocenters. The maximum atomic E-state index is 7.95. The molecule has 0 saturated heterocycles. The van der Waals surface area contributed by atoms with Gasteiger partial charge in [0, 0.05) is 111 Å². The number of thiazole rings is 3. The van der Waals surface area contributed by atoms with Gasteiger partial charge in [-0.05, 0) is 97.1 Å². The summed E-state index contributed by atoms with van der Waals surface area (Å²) in [5.41, 5.74) is 23.1. The van der Waals surface area contributed by atoms with E-state index >= 15 is 0 Å². The van der Waals surface area contributed by atoms with Crippen molar-refractivity contribution in [3.63, 3.8) is 0 Å². The minimum Gasteiger partial charge on any atom is -0.413 e. The minimum absolute atomic E-state index is 0.567. The number of aryl methyl sites for hydroxylation is 2. The number of nitrogens with zero attached hydrogens (tertiary/aromatic N) is 13. The minimum atomic E-state index is -2.28. The van der Waals surface area contributed by atoms with Gasteiger partial charge in [-0.25, -0.2) is 13.7 Å². The van der Waals surface area contributed by atoms with Crippen LogP contribution >= 0.6 is 45.3 Å². The zero-order chi connectivity index (χ0) is 70.2. The van der Waals surface area contributed by atoms with Crippen LogP contribution in [-0.2, 0) is 46.7 Å². The quantitative estimate of drug-likeness (QED) is 0.148. The average molecular weight is 1410 g/mol. The Bertz CT molecular complexity index is 7090. The van der Waals surface area contributed by atoms with Crippen LogP contribution in [-0.4, -0.2) is 38.6 Å². The van der Waals surface area contributed by atoms with E-state index in [2.05, 4.69) is 193 Å². The number of fused-ring (bicyclic) bond motifs is 35. The Kier molecular flexibility index (Phi) is 12.2. The van der Waals surface area contributed by atoms with Crippen molar-refractivity contribution in [1.29, 1.82) is 0 Å². The third kappa shape index (κ3) is 8.72. The zero-order valence-electron chi connectivity index (χ0n) is 57.8. The molecule has 20 heteroatoms. The molecule has 6 aromatic carbocycles. The van der Waals surface area contributed by atoms with Gasteiger partial charge in [0.15, 0.2) is 22.8 Å². The molecule has 490 valence electrons. The van der Waals surface area contributed by atoms with Crippen molar-refractivity contribution in [2.45, 2.75) is 32.7 Å². The summed E-state index contributed by atoms with van der Waals surface area (Å²) in [5.74, 6) is 1.63. The molecule has 0 radical (unpaired) electrons. The molecule has 0 aliphatic carbocycles. The fraction of sp³-hybridized carbons (Fsp3) is 0.0843. The van der Waals surface area contributed by atoms with E-state index in [1.54, 1.807) is 23.7 Å². The van der Waals surface area contributed by atoms with Crippen LogP contribution in [0.5, 0.6) is 0 Å². The molecule has 16 nitrogen and oxygen atoms in total. The van der Waals surface area contributed by atoms with Crippen LogP contribution in [0.1, 0.15) is 31.9 Å². The van der Waals surface area contributed by atoms with E-state index in [1.165, 1.54) is 126 Å². The fourth-order valence-corrected chi connectivity index (χ4v) is 21.2. The number of thiophene rings is 1. The smallest absolute Gasteiger partial charge is 0.393 e. The third-order valence-electron chi connectivity index (χ3n) is 20.5. The van der Waals surface area contributed by atoms with Crippen molar-refractivity contribution in [3.8, 4) is 60.3 Å². The first-order valence-electron chi connectivity index (χ1n) is 35.4. The summed E-state index contributed by atoms with van der Waals surface area (Å²) >= 11 is 7.50. The Hall–Kier alpha value is -12.2. The lowest BCUT2D eigenvalue weighted by atomic mass is 10.2. The van der Waals surface area contributed by atoms with Gasteiger partial charge in [-0.15, -0.1) is 4.57 Å². The third-order valence-corrected chi connectivity index (χ3v) is 25.6. The summed E-state index contributed by atoms with van der Waals surface area (Å²) in [6, 6.07) is 62.3. The lowest BCUT2D eigenvalue weighted by Gasteiger charge is -2.01. The van der Waals surface area contributed by atoms with Crippen LogP contribution in [0.2, 0.25) is 0 Å². The van der Waals surface area contributed by atoms with Crippen molar-refractivity contribution < 1.29 is 40.2 Å². The molecule has 21 aromatic rings. The molecule has 5 aliphatic rings. The van der Waals surface area contributed by atoms with E-state index in [4.69, 9.17) is 17.4 Å². The average Bonchev–Trinajstić information content (AvgIpc) is 1.58. The van der Waals surface area contributed by atoms with Crippen molar-refractivity contribution >= 4 is 152 Å². The normalized spacial score (nSPS) is 13.5. The predicted molar refractivity (Wildman–Crippen MR) is 405 cm³/mol. The lowest BCUT2D eigenvalue weighted by Crippen LogP contribution is -2.32. The van der Waals surface area contributed by atoms with Gasteiger partial charge >= 0.3 is 22.7 Å². The number of pyridine rings is 5. The Balaban J connectivity index is 0.0000000830. The van der Waals surface area contributed by atoms with E-state index < -0.39 is 6.98 Å². The van der Waals surface area contributed by atoms with Gasteiger partial charge in [-0.2, -0.15) is 18.3 Å². The molecular weight excluding hydrogens is 1360 g/mol. The van der Waals surface area contributed by atoms with E-state index in [9.17, 15) is 0 Å². The number of hydrogen-bond acceptors (Lipinski definition) is 12. The molecule has 0 unspecified atom stereocenters. The highest BCUT2D eigenvalue weighted by atomic mass is 32.1. The molecule has 15 aromatic heterocycles. The van der Waals surface area contributed by atoms with Gasteiger partial charge in [0.25, 0.3) is 26.6 Å². The molecule has 0 amide bonds. The highest BCUT2D eigenvalue weighted by molar-refractivity contribution is 7.32. The number of furan rings is 1. The van der Waals surface area contributed by atoms with Gasteiger partial charge in [0.2, 0.25) is 11.2 Å². The van der Waals surface area contributed by atoms with E-state index in [-0.39, 0.29) is 0 Å². The number of benzene rings is 6.